The molecule has 0 amide bonds. The standard InChI is InChI=1S/C11H22N2/c1-13(11-3-2-4-11)8-6-10-5-7-12-9-10/h10-12H,2-9H2,1H3. The van der Waals surface area contributed by atoms with Crippen molar-refractivity contribution in [3.63, 3.8) is 0 Å². The summed E-state index contributed by atoms with van der Waals surface area (Å²) in [5, 5.41) is 3.43. The van der Waals surface area contributed by atoms with Gasteiger partial charge < -0.3 is 10.2 Å². The third-order valence-electron chi connectivity index (χ3n) is 3.75. The summed E-state index contributed by atoms with van der Waals surface area (Å²) in [6, 6.07) is 0.925. The maximum Gasteiger partial charge on any atom is 0.00922 e. The van der Waals surface area contributed by atoms with Gasteiger partial charge in [-0.25, -0.2) is 0 Å². The zero-order valence-electron chi connectivity index (χ0n) is 8.76. The van der Waals surface area contributed by atoms with Crippen LogP contribution in [0.25, 0.3) is 0 Å². The lowest BCUT2D eigenvalue weighted by molar-refractivity contribution is 0.152. The van der Waals surface area contributed by atoms with Crippen molar-refractivity contribution in [2.24, 2.45) is 5.92 Å². The van der Waals surface area contributed by atoms with Crippen molar-refractivity contribution >= 4 is 0 Å². The number of hydrogen-bond acceptors (Lipinski definition) is 2. The molecule has 1 atom stereocenters. The fraction of sp³-hybridized carbons (Fsp3) is 1.00. The first-order valence-electron chi connectivity index (χ1n) is 5.77. The summed E-state index contributed by atoms with van der Waals surface area (Å²) in [7, 11) is 2.30. The zero-order valence-corrected chi connectivity index (χ0v) is 8.76. The predicted octanol–water partition coefficient (Wildman–Crippen LogP) is 1.47. The molecule has 0 radical (unpaired) electrons. The van der Waals surface area contributed by atoms with Crippen LogP contribution in [0.1, 0.15) is 32.1 Å². The Balaban J connectivity index is 1.60. The Kier molecular flexibility index (Phi) is 3.23. The lowest BCUT2D eigenvalue weighted by Gasteiger charge is -2.35. The fourth-order valence-electron chi connectivity index (χ4n) is 2.36. The molecule has 1 N–H and O–H groups in total. The van der Waals surface area contributed by atoms with E-state index in [2.05, 4.69) is 17.3 Å². The van der Waals surface area contributed by atoms with Gasteiger partial charge in [0.05, 0.1) is 0 Å². The SMILES string of the molecule is CN(CCC1CCNC1)C1CCC1. The van der Waals surface area contributed by atoms with Gasteiger partial charge in [-0.3, -0.25) is 0 Å². The second-order valence-corrected chi connectivity index (χ2v) is 4.71. The van der Waals surface area contributed by atoms with Crippen LogP contribution in [0.15, 0.2) is 0 Å². The zero-order chi connectivity index (χ0) is 9.10. The molecule has 0 aromatic rings. The number of hydrogen-bond donors (Lipinski definition) is 1. The smallest absolute Gasteiger partial charge is 0.00922 e. The lowest BCUT2D eigenvalue weighted by Crippen LogP contribution is -2.38. The minimum atomic E-state index is 0.925. The van der Waals surface area contributed by atoms with Gasteiger partial charge >= 0.3 is 0 Å². The highest BCUT2D eigenvalue weighted by Crippen LogP contribution is 2.24. The summed E-state index contributed by atoms with van der Waals surface area (Å²) in [6.07, 6.45) is 7.15. The maximum atomic E-state index is 3.43. The molecule has 2 nitrogen and oxygen atoms in total. The van der Waals surface area contributed by atoms with Crippen molar-refractivity contribution < 1.29 is 0 Å². The molecule has 1 heterocycles. The molecule has 2 rings (SSSR count). The van der Waals surface area contributed by atoms with Crippen molar-refractivity contribution in [2.45, 2.75) is 38.1 Å². The first-order valence-corrected chi connectivity index (χ1v) is 5.77. The van der Waals surface area contributed by atoms with Gasteiger partial charge in [0.25, 0.3) is 0 Å². The second kappa shape index (κ2) is 4.43. The Bertz CT molecular complexity index is 148. The van der Waals surface area contributed by atoms with Crippen molar-refractivity contribution in [3.8, 4) is 0 Å². The topological polar surface area (TPSA) is 15.3 Å². The van der Waals surface area contributed by atoms with E-state index in [1.54, 1.807) is 0 Å². The van der Waals surface area contributed by atoms with Crippen LogP contribution in [0.2, 0.25) is 0 Å². The molecule has 1 saturated carbocycles. The Hall–Kier alpha value is -0.0800. The Morgan fingerprint density at radius 3 is 2.69 bits per heavy atom. The summed E-state index contributed by atoms with van der Waals surface area (Å²) >= 11 is 0. The van der Waals surface area contributed by atoms with Gasteiger partial charge in [-0.2, -0.15) is 0 Å². The third kappa shape index (κ3) is 2.44. The van der Waals surface area contributed by atoms with Crippen LogP contribution in [-0.2, 0) is 0 Å². The number of rotatable bonds is 4. The first kappa shape index (κ1) is 9.47. The van der Waals surface area contributed by atoms with E-state index in [0.717, 1.165) is 12.0 Å². The molecule has 2 heteroatoms. The van der Waals surface area contributed by atoms with Crippen LogP contribution in [0.4, 0.5) is 0 Å². The molecule has 0 spiro atoms. The van der Waals surface area contributed by atoms with Crippen molar-refractivity contribution in [2.75, 3.05) is 26.7 Å². The minimum absolute atomic E-state index is 0.925. The molecule has 1 aliphatic heterocycles. The molecule has 1 saturated heterocycles. The number of nitrogens with one attached hydrogen (secondary N) is 1. The van der Waals surface area contributed by atoms with Crippen LogP contribution < -0.4 is 5.32 Å². The van der Waals surface area contributed by atoms with E-state index in [4.69, 9.17) is 0 Å². The van der Waals surface area contributed by atoms with Crippen LogP contribution >= 0.6 is 0 Å². The van der Waals surface area contributed by atoms with Gasteiger partial charge in [0.2, 0.25) is 0 Å². The number of nitrogens with zero attached hydrogens (tertiary/aromatic N) is 1. The molecule has 0 aromatic heterocycles. The Labute approximate surface area is 81.7 Å². The molecule has 0 aromatic carbocycles. The van der Waals surface area contributed by atoms with E-state index >= 15 is 0 Å². The predicted molar refractivity (Wildman–Crippen MR) is 55.9 cm³/mol. The van der Waals surface area contributed by atoms with Crippen molar-refractivity contribution in [1.82, 2.24) is 10.2 Å². The van der Waals surface area contributed by atoms with Crippen LogP contribution in [0.5, 0.6) is 0 Å². The lowest BCUT2D eigenvalue weighted by atomic mass is 9.91. The molecule has 0 bridgehead atoms. The average Bonchev–Trinajstić information content (AvgIpc) is 2.49. The first-order chi connectivity index (χ1) is 6.36. The van der Waals surface area contributed by atoms with Crippen molar-refractivity contribution in [3.05, 3.63) is 0 Å². The van der Waals surface area contributed by atoms with E-state index in [0.29, 0.717) is 0 Å². The molecule has 2 aliphatic rings. The minimum Gasteiger partial charge on any atom is -0.316 e. The quantitative estimate of drug-likeness (QED) is 0.708. The van der Waals surface area contributed by atoms with E-state index in [1.165, 1.54) is 51.7 Å². The van der Waals surface area contributed by atoms with E-state index < -0.39 is 0 Å². The van der Waals surface area contributed by atoms with E-state index in [9.17, 15) is 0 Å². The molecule has 76 valence electrons. The fourth-order valence-corrected chi connectivity index (χ4v) is 2.36. The molecule has 1 aliphatic carbocycles. The molecule has 1 unspecified atom stereocenters. The third-order valence-corrected chi connectivity index (χ3v) is 3.75. The van der Waals surface area contributed by atoms with Gasteiger partial charge in [0, 0.05) is 6.04 Å². The normalized spacial score (nSPS) is 29.5. The summed E-state index contributed by atoms with van der Waals surface area (Å²) in [4.78, 5) is 2.57. The second-order valence-electron chi connectivity index (χ2n) is 4.71. The van der Waals surface area contributed by atoms with Crippen LogP contribution in [-0.4, -0.2) is 37.6 Å². The molecular weight excluding hydrogens is 160 g/mol. The van der Waals surface area contributed by atoms with Crippen LogP contribution in [0.3, 0.4) is 0 Å². The highest BCUT2D eigenvalue weighted by molar-refractivity contribution is 4.79. The Morgan fingerprint density at radius 1 is 1.31 bits per heavy atom. The van der Waals surface area contributed by atoms with Crippen molar-refractivity contribution in [1.29, 1.82) is 0 Å². The van der Waals surface area contributed by atoms with Crippen LogP contribution in [0, 0.1) is 5.92 Å². The van der Waals surface area contributed by atoms with E-state index in [1.807, 2.05) is 0 Å². The monoisotopic (exact) mass is 182 g/mol. The van der Waals surface area contributed by atoms with Gasteiger partial charge in [0.1, 0.15) is 0 Å². The summed E-state index contributed by atoms with van der Waals surface area (Å²) in [5.74, 6) is 0.961. The van der Waals surface area contributed by atoms with E-state index in [-0.39, 0.29) is 0 Å². The maximum absolute atomic E-state index is 3.43. The highest BCUT2D eigenvalue weighted by atomic mass is 15.1. The van der Waals surface area contributed by atoms with Gasteiger partial charge in [-0.1, -0.05) is 6.42 Å². The molecular formula is C11H22N2. The Morgan fingerprint density at radius 2 is 2.15 bits per heavy atom. The highest BCUT2D eigenvalue weighted by Gasteiger charge is 2.22. The van der Waals surface area contributed by atoms with Gasteiger partial charge in [0.15, 0.2) is 0 Å². The molecule has 2 fully saturated rings. The average molecular weight is 182 g/mol. The summed E-state index contributed by atoms with van der Waals surface area (Å²) < 4.78 is 0. The largest absolute Gasteiger partial charge is 0.316 e. The summed E-state index contributed by atoms with van der Waals surface area (Å²) in [5.41, 5.74) is 0. The van der Waals surface area contributed by atoms with Gasteiger partial charge in [-0.15, -0.1) is 0 Å². The van der Waals surface area contributed by atoms with Gasteiger partial charge in [-0.05, 0) is 58.3 Å². The summed E-state index contributed by atoms with van der Waals surface area (Å²) in [6.45, 7) is 3.83. The molecule has 13 heavy (non-hydrogen) atoms.